The van der Waals surface area contributed by atoms with Crippen LogP contribution in [0.5, 0.6) is 0 Å². The Morgan fingerprint density at radius 2 is 1.64 bits per heavy atom. The summed E-state index contributed by atoms with van der Waals surface area (Å²) in [5.41, 5.74) is 2.47. The summed E-state index contributed by atoms with van der Waals surface area (Å²) in [4.78, 5) is 15.6. The maximum atomic E-state index is 15.8. The van der Waals surface area contributed by atoms with E-state index in [9.17, 15) is 13.2 Å². The van der Waals surface area contributed by atoms with Crippen molar-refractivity contribution in [3.8, 4) is 0 Å². The highest BCUT2D eigenvalue weighted by Crippen LogP contribution is 2.39. The lowest BCUT2D eigenvalue weighted by molar-refractivity contribution is 0.0697. The third kappa shape index (κ3) is 5.53. The highest BCUT2D eigenvalue weighted by Gasteiger charge is 2.41. The molecule has 2 aliphatic heterocycles. The molecule has 2 unspecified atom stereocenters. The van der Waals surface area contributed by atoms with Crippen molar-refractivity contribution < 1.29 is 22.7 Å². The fourth-order valence-electron chi connectivity index (χ4n) is 6.08. The lowest BCUT2D eigenvalue weighted by Gasteiger charge is -2.42. The minimum absolute atomic E-state index is 0.0480. The molecule has 3 aliphatic rings. The summed E-state index contributed by atoms with van der Waals surface area (Å²) < 4.78 is 44.5. The van der Waals surface area contributed by atoms with Crippen LogP contribution in [0.4, 0.5) is 10.1 Å². The molecule has 7 nitrogen and oxygen atoms in total. The van der Waals surface area contributed by atoms with Gasteiger partial charge in [-0.25, -0.2) is 17.6 Å². The highest BCUT2D eigenvalue weighted by atomic mass is 32.2. The van der Waals surface area contributed by atoms with E-state index in [1.165, 1.54) is 4.31 Å². The zero-order valence-corrected chi connectivity index (χ0v) is 23.2. The van der Waals surface area contributed by atoms with Gasteiger partial charge in [0.2, 0.25) is 10.0 Å². The number of hydrogen-bond donors (Lipinski definition) is 1. The maximum absolute atomic E-state index is 15.8. The molecule has 2 heterocycles. The van der Waals surface area contributed by atoms with Gasteiger partial charge in [0.1, 0.15) is 11.1 Å². The summed E-state index contributed by atoms with van der Waals surface area (Å²) in [6.45, 7) is 6.84. The van der Waals surface area contributed by atoms with E-state index in [-0.39, 0.29) is 35.9 Å². The smallest absolute Gasteiger partial charge is 0.335 e. The molecule has 0 spiro atoms. The number of carbonyl (C=O) groups is 1. The molecule has 0 radical (unpaired) electrons. The number of piperazine rings is 1. The quantitative estimate of drug-likeness (QED) is 0.550. The molecule has 9 heteroatoms. The van der Waals surface area contributed by atoms with Crippen molar-refractivity contribution in [2.24, 2.45) is 5.92 Å². The van der Waals surface area contributed by atoms with Crippen LogP contribution in [-0.4, -0.2) is 73.5 Å². The van der Waals surface area contributed by atoms with Crippen LogP contribution in [0, 0.1) is 5.92 Å². The van der Waals surface area contributed by atoms with Crippen molar-refractivity contribution in [2.45, 2.75) is 44.0 Å². The Labute approximate surface area is 230 Å². The minimum atomic E-state index is -3.63. The fraction of sp³-hybridized carbons (Fsp3) is 0.433. The molecule has 0 bridgehead atoms. The summed E-state index contributed by atoms with van der Waals surface area (Å²) in [6, 6.07) is 15.9. The number of hydrogen-bond acceptors (Lipinski definition) is 5. The SMILES string of the molecule is CC1C(F)=C(CN2[C@@H](C)CC[C@H](c3ccccc3)S2(=O)=O)C=CC1N1CCN(c2ccc(C(=O)O)cc2)CC1. The number of rotatable bonds is 6. The van der Waals surface area contributed by atoms with Gasteiger partial charge in [-0.3, -0.25) is 4.90 Å². The second-order valence-corrected chi connectivity index (χ2v) is 12.9. The first-order valence-electron chi connectivity index (χ1n) is 13.6. The molecule has 5 rings (SSSR count). The van der Waals surface area contributed by atoms with E-state index in [4.69, 9.17) is 5.11 Å². The second kappa shape index (κ2) is 11.2. The molecule has 0 aromatic heterocycles. The van der Waals surface area contributed by atoms with Crippen LogP contribution in [-0.2, 0) is 10.0 Å². The van der Waals surface area contributed by atoms with E-state index >= 15 is 4.39 Å². The molecule has 39 heavy (non-hydrogen) atoms. The standard InChI is InChI=1S/C30H36FN3O4S/c1-21-8-15-28(23-6-4-3-5-7-23)39(37,38)34(21)20-25-11-14-27(22(2)29(25)31)33-18-16-32(17-19-33)26-12-9-24(10-13-26)30(35)36/h3-7,9-14,21-22,27-28H,8,15-20H2,1-2H3,(H,35,36)/t21-,22?,27?,28+/m0/s1. The number of nitrogens with zero attached hydrogens (tertiary/aromatic N) is 3. The number of sulfonamides is 1. The van der Waals surface area contributed by atoms with Gasteiger partial charge in [-0.05, 0) is 55.2 Å². The van der Waals surface area contributed by atoms with Crippen LogP contribution >= 0.6 is 0 Å². The van der Waals surface area contributed by atoms with Crippen LogP contribution < -0.4 is 4.90 Å². The monoisotopic (exact) mass is 553 g/mol. The maximum Gasteiger partial charge on any atom is 0.335 e. The molecule has 208 valence electrons. The van der Waals surface area contributed by atoms with Gasteiger partial charge in [0.05, 0.1) is 5.56 Å². The number of carboxylic acid groups (broad SMARTS) is 1. The minimum Gasteiger partial charge on any atom is -0.478 e. The van der Waals surface area contributed by atoms with Crippen molar-refractivity contribution in [1.29, 1.82) is 0 Å². The molecule has 4 atom stereocenters. The van der Waals surface area contributed by atoms with E-state index in [0.29, 0.717) is 12.0 Å². The highest BCUT2D eigenvalue weighted by molar-refractivity contribution is 7.89. The molecule has 2 fully saturated rings. The molecule has 2 aromatic rings. The largest absolute Gasteiger partial charge is 0.478 e. The van der Waals surface area contributed by atoms with Crippen LogP contribution in [0.3, 0.4) is 0 Å². The normalized spacial score (nSPS) is 28.0. The number of carboxylic acids is 1. The second-order valence-electron chi connectivity index (χ2n) is 10.8. The number of anilines is 1. The van der Waals surface area contributed by atoms with Crippen LogP contribution in [0.15, 0.2) is 78.1 Å². The fourth-order valence-corrected chi connectivity index (χ4v) is 8.27. The van der Waals surface area contributed by atoms with Crippen molar-refractivity contribution >= 4 is 21.7 Å². The molecular weight excluding hydrogens is 517 g/mol. The molecule has 1 aliphatic carbocycles. The van der Waals surface area contributed by atoms with Crippen molar-refractivity contribution in [3.05, 3.63) is 89.3 Å². The van der Waals surface area contributed by atoms with Gasteiger partial charge in [0.15, 0.2) is 0 Å². The average molecular weight is 554 g/mol. The Bertz CT molecular complexity index is 1350. The first-order chi connectivity index (χ1) is 18.7. The third-order valence-corrected chi connectivity index (χ3v) is 10.8. The third-order valence-electron chi connectivity index (χ3n) is 8.45. The Kier molecular flexibility index (Phi) is 7.94. The number of benzene rings is 2. The average Bonchev–Trinajstić information content (AvgIpc) is 2.94. The van der Waals surface area contributed by atoms with E-state index in [2.05, 4.69) is 9.80 Å². The molecular formula is C30H36FN3O4S. The van der Waals surface area contributed by atoms with Gasteiger partial charge in [-0.15, -0.1) is 0 Å². The Balaban J connectivity index is 1.24. The van der Waals surface area contributed by atoms with E-state index in [1.807, 2.05) is 62.4 Å². The molecule has 0 saturated carbocycles. The van der Waals surface area contributed by atoms with Crippen molar-refractivity contribution in [3.63, 3.8) is 0 Å². The van der Waals surface area contributed by atoms with Gasteiger partial charge in [0, 0.05) is 56.4 Å². The van der Waals surface area contributed by atoms with Gasteiger partial charge in [0.25, 0.3) is 0 Å². The van der Waals surface area contributed by atoms with Crippen molar-refractivity contribution in [2.75, 3.05) is 37.6 Å². The first-order valence-corrected chi connectivity index (χ1v) is 15.1. The summed E-state index contributed by atoms with van der Waals surface area (Å²) in [7, 11) is -3.63. The predicted octanol–water partition coefficient (Wildman–Crippen LogP) is 4.86. The van der Waals surface area contributed by atoms with Crippen molar-refractivity contribution in [1.82, 2.24) is 9.21 Å². The van der Waals surface area contributed by atoms with Crippen LogP contribution in [0.25, 0.3) is 0 Å². The van der Waals surface area contributed by atoms with Gasteiger partial charge in [-0.2, -0.15) is 4.31 Å². The molecule has 2 aromatic carbocycles. The Morgan fingerprint density at radius 1 is 0.974 bits per heavy atom. The van der Waals surface area contributed by atoms with E-state index in [0.717, 1.165) is 43.9 Å². The molecule has 2 saturated heterocycles. The van der Waals surface area contributed by atoms with Gasteiger partial charge < -0.3 is 10.0 Å². The molecule has 1 N–H and O–H groups in total. The lowest BCUT2D eigenvalue weighted by Crippen LogP contribution is -2.52. The summed E-state index contributed by atoms with van der Waals surface area (Å²) in [5, 5.41) is 8.52. The van der Waals surface area contributed by atoms with Gasteiger partial charge >= 0.3 is 5.97 Å². The lowest BCUT2D eigenvalue weighted by atomic mass is 9.89. The van der Waals surface area contributed by atoms with Gasteiger partial charge in [-0.1, -0.05) is 49.4 Å². The van der Waals surface area contributed by atoms with Crippen LogP contribution in [0.1, 0.15) is 47.9 Å². The Morgan fingerprint density at radius 3 is 2.28 bits per heavy atom. The summed E-state index contributed by atoms with van der Waals surface area (Å²) in [6.07, 6.45) is 5.11. The van der Waals surface area contributed by atoms with E-state index in [1.54, 1.807) is 18.2 Å². The Hall–Kier alpha value is -3.01. The zero-order valence-electron chi connectivity index (χ0n) is 22.4. The number of halogens is 1. The molecule has 0 amide bonds. The predicted molar refractivity (Wildman–Crippen MR) is 151 cm³/mol. The van der Waals surface area contributed by atoms with E-state index < -0.39 is 21.2 Å². The summed E-state index contributed by atoms with van der Waals surface area (Å²) in [5.74, 6) is -1.56. The first kappa shape index (κ1) is 27.6. The number of aromatic carboxylic acids is 1. The zero-order chi connectivity index (χ0) is 27.7. The van der Waals surface area contributed by atoms with Crippen LogP contribution in [0.2, 0.25) is 0 Å². The topological polar surface area (TPSA) is 81.2 Å². The summed E-state index contributed by atoms with van der Waals surface area (Å²) >= 11 is 0.